The fourth-order valence-electron chi connectivity index (χ4n) is 2.71. The number of nitrogens with zero attached hydrogens (tertiary/aromatic N) is 2. The quantitative estimate of drug-likeness (QED) is 0.621. The maximum atomic E-state index is 13.7. The highest BCUT2D eigenvalue weighted by atomic mass is 19.1. The smallest absolute Gasteiger partial charge is 0.273 e. The number of benzene rings is 2. The first-order chi connectivity index (χ1) is 14.4. The highest BCUT2D eigenvalue weighted by Crippen LogP contribution is 2.20. The number of ether oxygens (including phenoxy) is 1. The first kappa shape index (κ1) is 21.0. The minimum atomic E-state index is -0.807. The van der Waals surface area contributed by atoms with Crippen molar-refractivity contribution in [2.45, 2.75) is 20.1 Å². The van der Waals surface area contributed by atoms with E-state index in [2.05, 4.69) is 15.7 Å². The molecule has 7 nitrogen and oxygen atoms in total. The van der Waals surface area contributed by atoms with E-state index in [1.54, 1.807) is 35.1 Å². The van der Waals surface area contributed by atoms with Gasteiger partial charge in [0.2, 0.25) is 0 Å². The Bertz CT molecular complexity index is 1080. The number of amides is 2. The van der Waals surface area contributed by atoms with Crippen molar-refractivity contribution in [3.63, 3.8) is 0 Å². The maximum Gasteiger partial charge on any atom is 0.273 e. The maximum absolute atomic E-state index is 13.7. The average Bonchev–Trinajstić information content (AvgIpc) is 3.15. The largest absolute Gasteiger partial charge is 0.486 e. The zero-order valence-electron chi connectivity index (χ0n) is 16.4. The Hall–Kier alpha value is -3.75. The van der Waals surface area contributed by atoms with E-state index in [-0.39, 0.29) is 23.7 Å². The van der Waals surface area contributed by atoms with Crippen molar-refractivity contribution in [2.24, 2.45) is 0 Å². The van der Waals surface area contributed by atoms with E-state index in [9.17, 15) is 18.4 Å². The number of hydrogen-bond acceptors (Lipinski definition) is 4. The number of carbonyl (C=O) groups excluding carboxylic acids is 2. The molecule has 2 amide bonds. The Balaban J connectivity index is 1.73. The second-order valence-electron chi connectivity index (χ2n) is 6.34. The normalized spacial score (nSPS) is 10.5. The molecule has 0 aliphatic carbocycles. The Morgan fingerprint density at radius 1 is 1.13 bits per heavy atom. The second-order valence-corrected chi connectivity index (χ2v) is 6.34. The number of halogens is 2. The zero-order valence-corrected chi connectivity index (χ0v) is 16.4. The SMILES string of the molecule is CCn1cc(NC(=O)c2cccc(COc3ccc(F)cc3F)c2)c(C(=O)NC)n1. The number of carbonyl (C=O) groups is 2. The van der Waals surface area contributed by atoms with Gasteiger partial charge in [-0.2, -0.15) is 5.10 Å². The topological polar surface area (TPSA) is 85.2 Å². The summed E-state index contributed by atoms with van der Waals surface area (Å²) >= 11 is 0. The molecule has 1 heterocycles. The summed E-state index contributed by atoms with van der Waals surface area (Å²) in [6.07, 6.45) is 1.58. The van der Waals surface area contributed by atoms with Crippen LogP contribution in [0.1, 0.15) is 33.3 Å². The molecular formula is C21H20F2N4O3. The summed E-state index contributed by atoms with van der Waals surface area (Å²) in [4.78, 5) is 24.7. The standard InChI is InChI=1S/C21H20F2N4O3/c1-3-27-11-17(19(26-27)21(29)24-2)25-20(28)14-6-4-5-13(9-14)12-30-18-8-7-15(22)10-16(18)23/h4-11H,3,12H2,1-2H3,(H,24,29)(H,25,28). The van der Waals surface area contributed by atoms with E-state index in [0.717, 1.165) is 12.1 Å². The lowest BCUT2D eigenvalue weighted by atomic mass is 10.1. The van der Waals surface area contributed by atoms with Crippen LogP contribution in [0.15, 0.2) is 48.7 Å². The Morgan fingerprint density at radius 2 is 1.93 bits per heavy atom. The van der Waals surface area contributed by atoms with Crippen LogP contribution in [0, 0.1) is 11.6 Å². The fourth-order valence-corrected chi connectivity index (χ4v) is 2.71. The van der Waals surface area contributed by atoms with E-state index in [1.807, 2.05) is 6.92 Å². The van der Waals surface area contributed by atoms with Crippen LogP contribution in [-0.4, -0.2) is 28.6 Å². The van der Waals surface area contributed by atoms with Crippen molar-refractivity contribution in [1.29, 1.82) is 0 Å². The molecule has 1 aromatic heterocycles. The molecule has 30 heavy (non-hydrogen) atoms. The molecule has 0 aliphatic heterocycles. The van der Waals surface area contributed by atoms with Gasteiger partial charge in [0, 0.05) is 31.4 Å². The third-order valence-electron chi connectivity index (χ3n) is 4.25. The number of hydrogen-bond donors (Lipinski definition) is 2. The minimum Gasteiger partial charge on any atom is -0.486 e. The lowest BCUT2D eigenvalue weighted by Gasteiger charge is -2.09. The van der Waals surface area contributed by atoms with E-state index in [1.165, 1.54) is 13.1 Å². The molecule has 0 atom stereocenters. The van der Waals surface area contributed by atoms with Crippen LogP contribution in [0.5, 0.6) is 5.75 Å². The van der Waals surface area contributed by atoms with Gasteiger partial charge < -0.3 is 15.4 Å². The van der Waals surface area contributed by atoms with E-state index in [4.69, 9.17) is 4.74 Å². The molecule has 0 spiro atoms. The Kier molecular flexibility index (Phi) is 6.41. The average molecular weight is 414 g/mol. The first-order valence-corrected chi connectivity index (χ1v) is 9.19. The zero-order chi connectivity index (χ0) is 21.7. The summed E-state index contributed by atoms with van der Waals surface area (Å²) < 4.78 is 33.6. The highest BCUT2D eigenvalue weighted by molar-refractivity contribution is 6.08. The molecule has 0 radical (unpaired) electrons. The molecular weight excluding hydrogens is 394 g/mol. The molecule has 2 aromatic carbocycles. The molecule has 0 bridgehead atoms. The molecule has 0 saturated carbocycles. The van der Waals surface area contributed by atoms with Crippen molar-refractivity contribution in [3.05, 3.63) is 77.1 Å². The summed E-state index contributed by atoms with van der Waals surface area (Å²) in [5.74, 6) is -2.44. The molecule has 2 N–H and O–H groups in total. The third-order valence-corrected chi connectivity index (χ3v) is 4.25. The van der Waals surface area contributed by atoms with Gasteiger partial charge >= 0.3 is 0 Å². The minimum absolute atomic E-state index is 0.0130. The third kappa shape index (κ3) is 4.80. The monoisotopic (exact) mass is 414 g/mol. The van der Waals surface area contributed by atoms with Gasteiger partial charge in [0.1, 0.15) is 12.4 Å². The lowest BCUT2D eigenvalue weighted by Crippen LogP contribution is -2.21. The number of aryl methyl sites for hydroxylation is 1. The van der Waals surface area contributed by atoms with Crippen molar-refractivity contribution in [1.82, 2.24) is 15.1 Å². The molecule has 0 aliphatic rings. The van der Waals surface area contributed by atoms with Crippen LogP contribution >= 0.6 is 0 Å². The van der Waals surface area contributed by atoms with Crippen molar-refractivity contribution in [3.8, 4) is 5.75 Å². The number of rotatable bonds is 7. The lowest BCUT2D eigenvalue weighted by molar-refractivity contribution is 0.0958. The second kappa shape index (κ2) is 9.17. The van der Waals surface area contributed by atoms with Gasteiger partial charge in [-0.3, -0.25) is 14.3 Å². The van der Waals surface area contributed by atoms with E-state index < -0.39 is 23.4 Å². The van der Waals surface area contributed by atoms with E-state index in [0.29, 0.717) is 17.7 Å². The van der Waals surface area contributed by atoms with Crippen LogP contribution in [0.25, 0.3) is 0 Å². The Morgan fingerprint density at radius 3 is 2.63 bits per heavy atom. The molecule has 3 rings (SSSR count). The van der Waals surface area contributed by atoms with Crippen LogP contribution in [0.2, 0.25) is 0 Å². The fraction of sp³-hybridized carbons (Fsp3) is 0.190. The predicted molar refractivity (Wildman–Crippen MR) is 106 cm³/mol. The van der Waals surface area contributed by atoms with Gasteiger partial charge in [-0.15, -0.1) is 0 Å². The molecule has 9 heteroatoms. The van der Waals surface area contributed by atoms with Gasteiger partial charge in [0.05, 0.1) is 5.69 Å². The number of anilines is 1. The summed E-state index contributed by atoms with van der Waals surface area (Å²) in [6, 6.07) is 9.59. The van der Waals surface area contributed by atoms with E-state index >= 15 is 0 Å². The molecule has 156 valence electrons. The van der Waals surface area contributed by atoms with Crippen LogP contribution in [0.4, 0.5) is 14.5 Å². The number of nitrogens with one attached hydrogen (secondary N) is 2. The van der Waals surface area contributed by atoms with Gasteiger partial charge in [-0.05, 0) is 36.8 Å². The molecule has 0 unspecified atom stereocenters. The number of aromatic nitrogens is 2. The first-order valence-electron chi connectivity index (χ1n) is 9.19. The van der Waals surface area contributed by atoms with Crippen LogP contribution < -0.4 is 15.4 Å². The van der Waals surface area contributed by atoms with Gasteiger partial charge in [0.25, 0.3) is 11.8 Å². The predicted octanol–water partition coefficient (Wildman–Crippen LogP) is 3.37. The summed E-state index contributed by atoms with van der Waals surface area (Å²) in [7, 11) is 1.48. The molecule has 0 saturated heterocycles. The highest BCUT2D eigenvalue weighted by Gasteiger charge is 2.18. The summed E-state index contributed by atoms with van der Waals surface area (Å²) in [6.45, 7) is 2.38. The molecule has 0 fully saturated rings. The summed E-state index contributed by atoms with van der Waals surface area (Å²) in [5.41, 5.74) is 1.33. The van der Waals surface area contributed by atoms with Crippen molar-refractivity contribution >= 4 is 17.5 Å². The van der Waals surface area contributed by atoms with Crippen molar-refractivity contribution < 1.29 is 23.1 Å². The van der Waals surface area contributed by atoms with Crippen molar-refractivity contribution in [2.75, 3.05) is 12.4 Å². The van der Waals surface area contributed by atoms with Gasteiger partial charge in [-0.25, -0.2) is 8.78 Å². The van der Waals surface area contributed by atoms with Crippen LogP contribution in [-0.2, 0) is 13.2 Å². The van der Waals surface area contributed by atoms with Gasteiger partial charge in [0.15, 0.2) is 17.3 Å². The molecule has 3 aromatic rings. The summed E-state index contributed by atoms with van der Waals surface area (Å²) in [5, 5.41) is 9.32. The van der Waals surface area contributed by atoms with Gasteiger partial charge in [-0.1, -0.05) is 12.1 Å². The van der Waals surface area contributed by atoms with Crippen LogP contribution in [0.3, 0.4) is 0 Å². The Labute approximate surface area is 171 Å².